The van der Waals surface area contributed by atoms with Crippen LogP contribution in [0, 0.1) is 5.92 Å². The molecule has 2 aromatic rings. The van der Waals surface area contributed by atoms with Crippen LogP contribution in [0.15, 0.2) is 55.3 Å². The van der Waals surface area contributed by atoms with Gasteiger partial charge in [-0.15, -0.1) is 6.58 Å². The number of hydrogen-bond acceptors (Lipinski definition) is 5. The van der Waals surface area contributed by atoms with Gasteiger partial charge in [-0.25, -0.2) is 4.98 Å². The number of anilines is 1. The van der Waals surface area contributed by atoms with Crippen LogP contribution in [-0.4, -0.2) is 43.2 Å². The van der Waals surface area contributed by atoms with Gasteiger partial charge in [0, 0.05) is 31.2 Å². The van der Waals surface area contributed by atoms with Crippen molar-refractivity contribution >= 4 is 11.7 Å². The molecule has 0 atom stereocenters. The van der Waals surface area contributed by atoms with Crippen LogP contribution in [0.4, 0.5) is 5.82 Å². The van der Waals surface area contributed by atoms with Crippen LogP contribution in [0.3, 0.4) is 0 Å². The fraction of sp³-hybridized carbons (Fsp3) is 0.440. The number of aromatic nitrogens is 1. The molecular weight excluding hydrogens is 390 g/mol. The van der Waals surface area contributed by atoms with Gasteiger partial charge in [0.1, 0.15) is 11.9 Å². The number of nitrogens with one attached hydrogen (secondary N) is 1. The lowest BCUT2D eigenvalue weighted by atomic mass is 9.81. The summed E-state index contributed by atoms with van der Waals surface area (Å²) in [5.74, 6) is 2.66. The number of hydrogen-bond donors (Lipinski definition) is 1. The molecule has 1 aromatic carbocycles. The lowest BCUT2D eigenvalue weighted by Gasteiger charge is -2.37. The molecule has 1 aromatic heterocycles. The van der Waals surface area contributed by atoms with E-state index in [1.54, 1.807) is 7.11 Å². The highest BCUT2D eigenvalue weighted by Crippen LogP contribution is 2.36. The third kappa shape index (κ3) is 5.19. The van der Waals surface area contributed by atoms with Gasteiger partial charge < -0.3 is 19.7 Å². The average Bonchev–Trinajstić information content (AvgIpc) is 2.77. The summed E-state index contributed by atoms with van der Waals surface area (Å²) in [5, 5.41) is 3.25. The smallest absolute Gasteiger partial charge is 0.223 e. The molecule has 164 valence electrons. The molecule has 0 bridgehead atoms. The van der Waals surface area contributed by atoms with Gasteiger partial charge in [-0.1, -0.05) is 18.2 Å². The second-order valence-corrected chi connectivity index (χ2v) is 8.34. The Balaban J connectivity index is 1.22. The van der Waals surface area contributed by atoms with E-state index in [4.69, 9.17) is 9.47 Å². The largest absolute Gasteiger partial charge is 0.493 e. The molecule has 0 unspecified atom stereocenters. The van der Waals surface area contributed by atoms with Crippen molar-refractivity contribution in [2.75, 3.05) is 25.1 Å². The number of rotatable bonds is 8. The predicted molar refractivity (Wildman–Crippen MR) is 122 cm³/mol. The van der Waals surface area contributed by atoms with Crippen molar-refractivity contribution < 1.29 is 14.3 Å². The van der Waals surface area contributed by atoms with Crippen molar-refractivity contribution in [3.63, 3.8) is 0 Å². The number of amides is 1. The molecule has 2 fully saturated rings. The number of methoxy groups -OCH3 is 1. The van der Waals surface area contributed by atoms with Crippen molar-refractivity contribution in [1.82, 2.24) is 10.3 Å². The predicted octanol–water partition coefficient (Wildman–Crippen LogP) is 3.76. The number of carbonyl (C=O) groups excluding carboxylic acids is 1. The minimum Gasteiger partial charge on any atom is -0.493 e. The normalized spacial score (nSPS) is 21.1. The van der Waals surface area contributed by atoms with Crippen LogP contribution < -0.4 is 19.7 Å². The number of carbonyl (C=O) groups is 1. The Morgan fingerprint density at radius 3 is 2.71 bits per heavy atom. The minimum atomic E-state index is 0.0289. The first kappa shape index (κ1) is 21.2. The number of allylic oxidation sites excluding steroid dienone is 1. The van der Waals surface area contributed by atoms with Crippen molar-refractivity contribution in [2.45, 2.75) is 44.2 Å². The summed E-state index contributed by atoms with van der Waals surface area (Å²) in [4.78, 5) is 19.4. The lowest BCUT2D eigenvalue weighted by molar-refractivity contribution is -0.131. The molecule has 4 rings (SSSR count). The quantitative estimate of drug-likeness (QED) is 0.658. The second kappa shape index (κ2) is 9.86. The maximum Gasteiger partial charge on any atom is 0.223 e. The standard InChI is InChI=1S/C25H31N3O3/c1-3-6-18-8-9-22(30-2)23(15-18)31-21-16-19(17-21)25(29)27-20-10-13-28(14-11-20)24-7-4-5-12-26-24/h3-5,7-9,12,15,19-21H,1,6,10-11,13-14,16-17H2,2H3,(H,27,29). The molecule has 2 aliphatic rings. The van der Waals surface area contributed by atoms with Crippen molar-refractivity contribution in [3.05, 3.63) is 60.8 Å². The van der Waals surface area contributed by atoms with Crippen LogP contribution in [0.2, 0.25) is 0 Å². The number of pyridine rings is 1. The first-order chi connectivity index (χ1) is 15.2. The van der Waals surface area contributed by atoms with E-state index in [0.29, 0.717) is 0 Å². The van der Waals surface area contributed by atoms with E-state index in [2.05, 4.69) is 21.8 Å². The third-order valence-electron chi connectivity index (χ3n) is 6.18. The van der Waals surface area contributed by atoms with Gasteiger partial charge in [0.15, 0.2) is 11.5 Å². The van der Waals surface area contributed by atoms with Crippen LogP contribution in [-0.2, 0) is 11.2 Å². The number of piperidine rings is 1. The summed E-state index contributed by atoms with van der Waals surface area (Å²) < 4.78 is 11.6. The highest BCUT2D eigenvalue weighted by atomic mass is 16.5. The Labute approximate surface area is 184 Å². The average molecular weight is 422 g/mol. The topological polar surface area (TPSA) is 63.7 Å². The van der Waals surface area contributed by atoms with Crippen molar-refractivity contribution in [1.29, 1.82) is 0 Å². The number of nitrogens with zero attached hydrogens (tertiary/aromatic N) is 2. The minimum absolute atomic E-state index is 0.0289. The van der Waals surface area contributed by atoms with E-state index >= 15 is 0 Å². The summed E-state index contributed by atoms with van der Waals surface area (Å²) in [6.45, 7) is 5.62. The first-order valence-electron chi connectivity index (χ1n) is 11.1. The summed E-state index contributed by atoms with van der Waals surface area (Å²) in [6.07, 6.45) is 7.91. The highest BCUT2D eigenvalue weighted by Gasteiger charge is 2.37. The molecule has 0 radical (unpaired) electrons. The fourth-order valence-corrected chi connectivity index (χ4v) is 4.28. The zero-order valence-corrected chi connectivity index (χ0v) is 18.1. The van der Waals surface area contributed by atoms with E-state index in [-0.39, 0.29) is 24.0 Å². The monoisotopic (exact) mass is 421 g/mol. The second-order valence-electron chi connectivity index (χ2n) is 8.34. The molecule has 31 heavy (non-hydrogen) atoms. The van der Waals surface area contributed by atoms with E-state index in [1.165, 1.54) is 0 Å². The Hall–Kier alpha value is -3.02. The van der Waals surface area contributed by atoms with Gasteiger partial charge in [-0.05, 0) is 61.9 Å². The van der Waals surface area contributed by atoms with Gasteiger partial charge in [-0.2, -0.15) is 0 Å². The molecule has 0 spiro atoms. The van der Waals surface area contributed by atoms with Crippen LogP contribution in [0.5, 0.6) is 11.5 Å². The maximum absolute atomic E-state index is 12.7. The molecular formula is C25H31N3O3. The maximum atomic E-state index is 12.7. The summed E-state index contributed by atoms with van der Waals surface area (Å²) in [5.41, 5.74) is 1.14. The van der Waals surface area contributed by atoms with E-state index in [9.17, 15) is 4.79 Å². The molecule has 1 saturated carbocycles. The molecule has 1 N–H and O–H groups in total. The van der Waals surface area contributed by atoms with E-state index in [0.717, 1.165) is 68.1 Å². The zero-order valence-electron chi connectivity index (χ0n) is 18.1. The Bertz CT molecular complexity index is 888. The summed E-state index contributed by atoms with van der Waals surface area (Å²) >= 11 is 0. The lowest BCUT2D eigenvalue weighted by Crippen LogP contribution is -2.50. The third-order valence-corrected chi connectivity index (χ3v) is 6.18. The Kier molecular flexibility index (Phi) is 6.75. The molecule has 6 nitrogen and oxygen atoms in total. The van der Waals surface area contributed by atoms with Crippen LogP contribution in [0.1, 0.15) is 31.2 Å². The van der Waals surface area contributed by atoms with Gasteiger partial charge >= 0.3 is 0 Å². The van der Waals surface area contributed by atoms with E-state index < -0.39 is 0 Å². The molecule has 1 amide bonds. The zero-order chi connectivity index (χ0) is 21.6. The SMILES string of the molecule is C=CCc1ccc(OC)c(OC2CC(C(=O)NC3CCN(c4ccccn4)CC3)C2)c1. The van der Waals surface area contributed by atoms with Crippen LogP contribution in [0.25, 0.3) is 0 Å². The van der Waals surface area contributed by atoms with Crippen LogP contribution >= 0.6 is 0 Å². The van der Waals surface area contributed by atoms with Gasteiger partial charge in [-0.3, -0.25) is 4.79 Å². The van der Waals surface area contributed by atoms with Crippen molar-refractivity contribution in [3.8, 4) is 11.5 Å². The Morgan fingerprint density at radius 1 is 1.23 bits per heavy atom. The Morgan fingerprint density at radius 2 is 2.03 bits per heavy atom. The number of ether oxygens (including phenoxy) is 2. The fourth-order valence-electron chi connectivity index (χ4n) is 4.28. The van der Waals surface area contributed by atoms with Gasteiger partial charge in [0.05, 0.1) is 7.11 Å². The van der Waals surface area contributed by atoms with E-state index in [1.807, 2.05) is 48.7 Å². The van der Waals surface area contributed by atoms with Crippen molar-refractivity contribution in [2.24, 2.45) is 5.92 Å². The van der Waals surface area contributed by atoms with Gasteiger partial charge in [0.2, 0.25) is 5.91 Å². The molecule has 1 aliphatic heterocycles. The molecule has 1 saturated heterocycles. The molecule has 6 heteroatoms. The highest BCUT2D eigenvalue weighted by molar-refractivity contribution is 5.80. The molecule has 1 aliphatic carbocycles. The summed E-state index contributed by atoms with van der Waals surface area (Å²) in [7, 11) is 1.64. The first-order valence-corrected chi connectivity index (χ1v) is 11.1. The molecule has 2 heterocycles. The number of benzene rings is 1. The summed E-state index contributed by atoms with van der Waals surface area (Å²) in [6, 6.07) is 12.2. The van der Waals surface area contributed by atoms with Gasteiger partial charge in [0.25, 0.3) is 0 Å².